The second-order valence-corrected chi connectivity index (χ2v) is 3.94. The molecule has 0 spiro atoms. The minimum atomic E-state index is 0.0766. The Morgan fingerprint density at radius 3 is 2.81 bits per heavy atom. The van der Waals surface area contributed by atoms with Gasteiger partial charge in [0.25, 0.3) is 0 Å². The Kier molecular flexibility index (Phi) is 6.37. The van der Waals surface area contributed by atoms with Crippen LogP contribution in [-0.4, -0.2) is 73.4 Å². The van der Waals surface area contributed by atoms with E-state index in [4.69, 9.17) is 9.84 Å². The Morgan fingerprint density at radius 2 is 2.12 bits per heavy atom. The molecule has 5 heteroatoms. The van der Waals surface area contributed by atoms with Crippen molar-refractivity contribution in [3.05, 3.63) is 0 Å². The van der Waals surface area contributed by atoms with Crippen LogP contribution in [0.15, 0.2) is 0 Å². The van der Waals surface area contributed by atoms with Gasteiger partial charge in [0.1, 0.15) is 6.61 Å². The van der Waals surface area contributed by atoms with E-state index in [1.807, 2.05) is 11.8 Å². The third kappa shape index (κ3) is 4.47. The van der Waals surface area contributed by atoms with Gasteiger partial charge in [-0.05, 0) is 19.9 Å². The molecule has 0 aliphatic carbocycles. The smallest absolute Gasteiger partial charge is 0.248 e. The fraction of sp³-hybridized carbons (Fsp3) is 0.909. The maximum Gasteiger partial charge on any atom is 0.248 e. The Morgan fingerprint density at radius 1 is 1.31 bits per heavy atom. The minimum absolute atomic E-state index is 0.0766. The van der Waals surface area contributed by atoms with Crippen molar-refractivity contribution in [1.82, 2.24) is 9.80 Å². The van der Waals surface area contributed by atoms with Gasteiger partial charge in [0.2, 0.25) is 5.91 Å². The van der Waals surface area contributed by atoms with Crippen LogP contribution in [0.5, 0.6) is 0 Å². The van der Waals surface area contributed by atoms with Crippen LogP contribution in [0.4, 0.5) is 0 Å². The molecule has 5 nitrogen and oxygen atoms in total. The molecule has 1 aliphatic heterocycles. The first-order valence-corrected chi connectivity index (χ1v) is 5.96. The highest BCUT2D eigenvalue weighted by Gasteiger charge is 2.18. The van der Waals surface area contributed by atoms with E-state index in [2.05, 4.69) is 4.90 Å². The average Bonchev–Trinajstić information content (AvgIpc) is 2.52. The highest BCUT2D eigenvalue weighted by Crippen LogP contribution is 2.03. The van der Waals surface area contributed by atoms with Gasteiger partial charge in [-0.25, -0.2) is 0 Å². The van der Waals surface area contributed by atoms with E-state index in [1.165, 1.54) is 0 Å². The highest BCUT2D eigenvalue weighted by atomic mass is 16.5. The number of amides is 1. The number of carbonyl (C=O) groups is 1. The average molecular weight is 230 g/mol. The molecule has 1 N–H and O–H groups in total. The molecular formula is C11H22N2O3. The summed E-state index contributed by atoms with van der Waals surface area (Å²) in [6.07, 6.45) is 0.970. The van der Waals surface area contributed by atoms with Gasteiger partial charge in [-0.3, -0.25) is 9.69 Å². The van der Waals surface area contributed by atoms with Crippen molar-refractivity contribution in [2.24, 2.45) is 0 Å². The number of rotatable bonds is 5. The lowest BCUT2D eigenvalue weighted by molar-refractivity contribution is -0.135. The third-order valence-corrected chi connectivity index (χ3v) is 2.79. The molecule has 0 saturated carbocycles. The fourth-order valence-electron chi connectivity index (χ4n) is 1.87. The van der Waals surface area contributed by atoms with Crippen LogP contribution in [0.1, 0.15) is 13.3 Å². The molecule has 1 amide bonds. The molecule has 1 saturated heterocycles. The van der Waals surface area contributed by atoms with E-state index in [1.54, 1.807) is 0 Å². The summed E-state index contributed by atoms with van der Waals surface area (Å²) in [4.78, 5) is 15.7. The largest absolute Gasteiger partial charge is 0.395 e. The van der Waals surface area contributed by atoms with Crippen LogP contribution in [0.25, 0.3) is 0 Å². The lowest BCUT2D eigenvalue weighted by Gasteiger charge is -2.21. The molecule has 1 aliphatic rings. The van der Waals surface area contributed by atoms with E-state index in [0.717, 1.165) is 32.6 Å². The maximum absolute atomic E-state index is 11.7. The molecule has 0 atom stereocenters. The summed E-state index contributed by atoms with van der Waals surface area (Å²) < 4.78 is 5.12. The van der Waals surface area contributed by atoms with Crippen molar-refractivity contribution in [2.75, 3.05) is 52.5 Å². The Labute approximate surface area is 97.0 Å². The Hall–Kier alpha value is -0.650. The van der Waals surface area contributed by atoms with Crippen LogP contribution in [0, 0.1) is 0 Å². The lowest BCUT2D eigenvalue weighted by Crippen LogP contribution is -2.37. The predicted molar refractivity (Wildman–Crippen MR) is 61.2 cm³/mol. The monoisotopic (exact) mass is 230 g/mol. The second-order valence-electron chi connectivity index (χ2n) is 3.94. The molecule has 0 aromatic carbocycles. The SMILES string of the molecule is CCOCC(=O)N1CCCN(CCO)CC1. The standard InChI is InChI=1S/C11H22N2O3/c1-2-16-10-11(15)13-5-3-4-12(6-7-13)8-9-14/h14H,2-10H2,1H3. The lowest BCUT2D eigenvalue weighted by atomic mass is 10.4. The summed E-state index contributed by atoms with van der Waals surface area (Å²) in [5, 5.41) is 8.86. The van der Waals surface area contributed by atoms with E-state index >= 15 is 0 Å². The van der Waals surface area contributed by atoms with Gasteiger partial charge in [-0.15, -0.1) is 0 Å². The predicted octanol–water partition coefficient (Wildman–Crippen LogP) is -0.450. The van der Waals surface area contributed by atoms with Crippen molar-refractivity contribution in [2.45, 2.75) is 13.3 Å². The van der Waals surface area contributed by atoms with Gasteiger partial charge < -0.3 is 14.7 Å². The number of nitrogens with zero attached hydrogens (tertiary/aromatic N) is 2. The van der Waals surface area contributed by atoms with Crippen LogP contribution in [0.2, 0.25) is 0 Å². The van der Waals surface area contributed by atoms with E-state index in [0.29, 0.717) is 13.2 Å². The summed E-state index contributed by atoms with van der Waals surface area (Å²) in [5.41, 5.74) is 0. The van der Waals surface area contributed by atoms with Crippen molar-refractivity contribution in [1.29, 1.82) is 0 Å². The molecule has 94 valence electrons. The normalized spacial score (nSPS) is 18.5. The van der Waals surface area contributed by atoms with Crippen LogP contribution in [0.3, 0.4) is 0 Å². The highest BCUT2D eigenvalue weighted by molar-refractivity contribution is 5.77. The first kappa shape index (κ1) is 13.4. The Balaban J connectivity index is 2.31. The van der Waals surface area contributed by atoms with Crippen LogP contribution in [-0.2, 0) is 9.53 Å². The summed E-state index contributed by atoms with van der Waals surface area (Å²) in [5.74, 6) is 0.0766. The van der Waals surface area contributed by atoms with E-state index in [9.17, 15) is 4.79 Å². The summed E-state index contributed by atoms with van der Waals surface area (Å²) in [7, 11) is 0. The van der Waals surface area contributed by atoms with Crippen molar-refractivity contribution >= 4 is 5.91 Å². The van der Waals surface area contributed by atoms with Gasteiger partial charge in [-0.1, -0.05) is 0 Å². The number of hydrogen-bond acceptors (Lipinski definition) is 4. The molecular weight excluding hydrogens is 208 g/mol. The zero-order chi connectivity index (χ0) is 11.8. The molecule has 1 heterocycles. The number of aliphatic hydroxyl groups is 1. The van der Waals surface area contributed by atoms with Gasteiger partial charge >= 0.3 is 0 Å². The van der Waals surface area contributed by atoms with Gasteiger partial charge in [0.05, 0.1) is 6.61 Å². The molecule has 16 heavy (non-hydrogen) atoms. The van der Waals surface area contributed by atoms with Gasteiger partial charge in [0, 0.05) is 32.8 Å². The van der Waals surface area contributed by atoms with Crippen LogP contribution >= 0.6 is 0 Å². The van der Waals surface area contributed by atoms with Gasteiger partial charge in [-0.2, -0.15) is 0 Å². The maximum atomic E-state index is 11.7. The molecule has 1 rings (SSSR count). The number of β-amino-alcohol motifs (C(OH)–C–C–N with tert-alkyl or cyclic N) is 1. The van der Waals surface area contributed by atoms with Crippen LogP contribution < -0.4 is 0 Å². The number of aliphatic hydroxyl groups excluding tert-OH is 1. The fourth-order valence-corrected chi connectivity index (χ4v) is 1.87. The molecule has 0 aromatic rings. The second kappa shape index (κ2) is 7.60. The molecule has 0 radical (unpaired) electrons. The molecule has 0 bridgehead atoms. The molecule has 1 fully saturated rings. The first-order chi connectivity index (χ1) is 7.77. The molecule has 0 unspecified atom stereocenters. The number of ether oxygens (including phenoxy) is 1. The number of hydrogen-bond donors (Lipinski definition) is 1. The first-order valence-electron chi connectivity index (χ1n) is 5.96. The zero-order valence-electron chi connectivity index (χ0n) is 10.0. The summed E-state index contributed by atoms with van der Waals surface area (Å²) in [6.45, 7) is 6.89. The third-order valence-electron chi connectivity index (χ3n) is 2.79. The van der Waals surface area contributed by atoms with Crippen molar-refractivity contribution in [3.8, 4) is 0 Å². The minimum Gasteiger partial charge on any atom is -0.395 e. The Bertz CT molecular complexity index is 211. The van der Waals surface area contributed by atoms with E-state index < -0.39 is 0 Å². The summed E-state index contributed by atoms with van der Waals surface area (Å²) >= 11 is 0. The summed E-state index contributed by atoms with van der Waals surface area (Å²) in [6, 6.07) is 0. The van der Waals surface area contributed by atoms with Crippen molar-refractivity contribution in [3.63, 3.8) is 0 Å². The van der Waals surface area contributed by atoms with Gasteiger partial charge in [0.15, 0.2) is 0 Å². The quantitative estimate of drug-likeness (QED) is 0.695. The van der Waals surface area contributed by atoms with Crippen molar-refractivity contribution < 1.29 is 14.6 Å². The molecule has 0 aromatic heterocycles. The number of carbonyl (C=O) groups excluding carboxylic acids is 1. The van der Waals surface area contributed by atoms with E-state index in [-0.39, 0.29) is 19.1 Å². The topological polar surface area (TPSA) is 53.0 Å². The zero-order valence-corrected chi connectivity index (χ0v) is 10.0.